The molecule has 40 heavy (non-hydrogen) atoms. The molecular formula is C30H24BrCl2N3O4. The predicted octanol–water partition coefficient (Wildman–Crippen LogP) is 5.92. The number of nitrogens with one attached hydrogen (secondary N) is 1. The van der Waals surface area contributed by atoms with E-state index in [-0.39, 0.29) is 46.4 Å². The molecule has 3 saturated carbocycles. The molecule has 0 amide bonds. The molecule has 0 saturated heterocycles. The Morgan fingerprint density at radius 1 is 0.775 bits per heavy atom. The minimum atomic E-state index is -0.0570. The van der Waals surface area contributed by atoms with Crippen LogP contribution in [0.5, 0.6) is 0 Å². The maximum Gasteiger partial charge on any atom is 0.176 e. The monoisotopic (exact) mass is 639 g/mol. The second-order valence-electron chi connectivity index (χ2n) is 11.3. The van der Waals surface area contributed by atoms with Gasteiger partial charge in [0.05, 0.1) is 16.9 Å². The van der Waals surface area contributed by atoms with E-state index in [0.717, 1.165) is 60.9 Å². The number of H-pyrrole nitrogens is 1. The van der Waals surface area contributed by atoms with Crippen molar-refractivity contribution in [2.75, 3.05) is 0 Å². The summed E-state index contributed by atoms with van der Waals surface area (Å²) in [6.07, 6.45) is 9.28. The van der Waals surface area contributed by atoms with Crippen molar-refractivity contribution in [2.45, 2.75) is 55.7 Å². The van der Waals surface area contributed by atoms with Crippen LogP contribution in [0.3, 0.4) is 0 Å². The predicted molar refractivity (Wildman–Crippen MR) is 152 cm³/mol. The molecule has 0 radical (unpaired) electrons. The molecule has 0 aliphatic heterocycles. The zero-order chi connectivity index (χ0) is 27.9. The number of aromatic nitrogens is 3. The van der Waals surface area contributed by atoms with E-state index in [1.807, 2.05) is 12.3 Å². The van der Waals surface area contributed by atoms with Crippen molar-refractivity contribution in [1.29, 1.82) is 0 Å². The lowest BCUT2D eigenvalue weighted by atomic mass is 9.89. The summed E-state index contributed by atoms with van der Waals surface area (Å²) in [5.41, 5.74) is 8.56. The summed E-state index contributed by atoms with van der Waals surface area (Å²) in [5, 5.41) is 0.894. The van der Waals surface area contributed by atoms with Gasteiger partial charge in [-0.3, -0.25) is 19.2 Å². The first-order valence-corrected chi connectivity index (χ1v) is 15.2. The number of carbonyl (C=O) groups excluding carboxylic acids is 4. The van der Waals surface area contributed by atoms with E-state index in [2.05, 4.69) is 30.9 Å². The van der Waals surface area contributed by atoms with Gasteiger partial charge in [-0.2, -0.15) is 0 Å². The largest absolute Gasteiger partial charge is 0.357 e. The Labute approximate surface area is 248 Å². The van der Waals surface area contributed by atoms with E-state index in [1.54, 1.807) is 12.3 Å². The standard InChI is InChI=1S/C15H11ClN2O.C9H7BrClNO.C6H6O2/c16-11-4-8-6(5-17-11)1-2-7-12-14(18-13(7)8)9-3-10(9)15(12)19;10-7-2-1-5-4-12-8(11)3-6(5)9(7)13;7-5-2-6(8)4-1-3(4)5/h4-5,9-10,18H,1-3H2;3-4,7H,1-2H2;3-4H,1-2H2. The number of Topliss-reactive ketones (excluding diaryl/α,β-unsaturated/α-hetero) is 4. The molecule has 3 aromatic rings. The van der Waals surface area contributed by atoms with Crippen molar-refractivity contribution in [3.63, 3.8) is 0 Å². The number of hydrogen-bond acceptors (Lipinski definition) is 6. The van der Waals surface area contributed by atoms with Gasteiger partial charge in [0, 0.05) is 58.4 Å². The molecule has 7 nitrogen and oxygen atoms in total. The van der Waals surface area contributed by atoms with E-state index in [0.29, 0.717) is 27.6 Å². The third-order valence-electron chi connectivity index (χ3n) is 8.88. The number of halogens is 3. The van der Waals surface area contributed by atoms with Crippen LogP contribution >= 0.6 is 39.1 Å². The zero-order valence-corrected chi connectivity index (χ0v) is 24.4. The molecule has 5 atom stereocenters. The van der Waals surface area contributed by atoms with E-state index < -0.39 is 0 Å². The van der Waals surface area contributed by atoms with Gasteiger partial charge in [-0.1, -0.05) is 39.1 Å². The summed E-state index contributed by atoms with van der Waals surface area (Å²) in [6, 6.07) is 3.56. The SMILES string of the molecule is O=C1CC(=O)C2CC12.O=C1c2c([nH]c3c2CCc2cnc(Cl)cc2-3)C2CC12.O=C1c2cc(Cl)ncc2CCC1Br. The van der Waals surface area contributed by atoms with Crippen LogP contribution in [-0.4, -0.2) is 42.9 Å². The van der Waals surface area contributed by atoms with Crippen molar-refractivity contribution in [3.8, 4) is 11.3 Å². The quantitative estimate of drug-likeness (QED) is 0.186. The summed E-state index contributed by atoms with van der Waals surface area (Å²) in [6.45, 7) is 0. The van der Waals surface area contributed by atoms with Crippen LogP contribution in [0.4, 0.5) is 0 Å². The van der Waals surface area contributed by atoms with Gasteiger partial charge >= 0.3 is 0 Å². The molecule has 3 fully saturated rings. The molecule has 6 aliphatic rings. The van der Waals surface area contributed by atoms with Gasteiger partial charge in [0.15, 0.2) is 11.6 Å². The summed E-state index contributed by atoms with van der Waals surface area (Å²) in [4.78, 5) is 56.7. The first-order valence-electron chi connectivity index (χ1n) is 13.5. The Morgan fingerprint density at radius 2 is 1.40 bits per heavy atom. The van der Waals surface area contributed by atoms with Crippen LogP contribution in [0.15, 0.2) is 24.5 Å². The van der Waals surface area contributed by atoms with Crippen molar-refractivity contribution < 1.29 is 19.2 Å². The van der Waals surface area contributed by atoms with Crippen molar-refractivity contribution >= 4 is 62.3 Å². The molecule has 6 aliphatic carbocycles. The summed E-state index contributed by atoms with van der Waals surface area (Å²) in [5.74, 6) is 1.93. The lowest BCUT2D eigenvalue weighted by Crippen LogP contribution is -2.22. The van der Waals surface area contributed by atoms with Gasteiger partial charge in [-0.05, 0) is 67.3 Å². The van der Waals surface area contributed by atoms with Gasteiger partial charge in [0.25, 0.3) is 0 Å². The maximum absolute atomic E-state index is 12.3. The second-order valence-corrected chi connectivity index (χ2v) is 13.2. The highest BCUT2D eigenvalue weighted by Crippen LogP contribution is 2.58. The van der Waals surface area contributed by atoms with Crippen molar-refractivity contribution in [3.05, 3.63) is 68.3 Å². The van der Waals surface area contributed by atoms with Crippen molar-refractivity contribution in [2.24, 2.45) is 17.8 Å². The third-order valence-corrected chi connectivity index (χ3v) is 10.2. The Bertz CT molecular complexity index is 1630. The van der Waals surface area contributed by atoms with Crippen LogP contribution in [-0.2, 0) is 28.9 Å². The van der Waals surface area contributed by atoms with Gasteiger partial charge < -0.3 is 4.98 Å². The molecule has 10 heteroatoms. The molecular weight excluding hydrogens is 617 g/mol. The van der Waals surface area contributed by atoms with Gasteiger partial charge in [0.2, 0.25) is 0 Å². The summed E-state index contributed by atoms with van der Waals surface area (Å²) >= 11 is 15.1. The fraction of sp³-hybridized carbons (Fsp3) is 0.400. The van der Waals surface area contributed by atoms with Crippen LogP contribution in [0.25, 0.3) is 11.3 Å². The number of carbonyl (C=O) groups is 4. The number of aryl methyl sites for hydroxylation is 2. The smallest absolute Gasteiger partial charge is 0.176 e. The van der Waals surface area contributed by atoms with E-state index in [1.165, 1.54) is 16.8 Å². The van der Waals surface area contributed by atoms with Gasteiger partial charge in [-0.25, -0.2) is 9.97 Å². The van der Waals surface area contributed by atoms with Crippen LogP contribution in [0, 0.1) is 17.8 Å². The fourth-order valence-electron chi connectivity index (χ4n) is 6.55. The topological polar surface area (TPSA) is 110 Å². The summed E-state index contributed by atoms with van der Waals surface area (Å²) in [7, 11) is 0. The lowest BCUT2D eigenvalue weighted by molar-refractivity contribution is -0.124. The molecule has 0 spiro atoms. The minimum Gasteiger partial charge on any atom is -0.357 e. The number of ketones is 4. The molecule has 0 aromatic carbocycles. The van der Waals surface area contributed by atoms with E-state index in [9.17, 15) is 19.2 Å². The zero-order valence-electron chi connectivity index (χ0n) is 21.3. The number of aromatic amines is 1. The Balaban J connectivity index is 0.000000109. The normalized spacial score (nSPS) is 27.6. The molecule has 3 heterocycles. The Kier molecular flexibility index (Phi) is 6.37. The Morgan fingerprint density at radius 3 is 2.02 bits per heavy atom. The average Bonchev–Trinajstić information content (AvgIpc) is 3.83. The molecule has 0 bridgehead atoms. The summed E-state index contributed by atoms with van der Waals surface area (Å²) < 4.78 is 0. The average molecular weight is 641 g/mol. The Hall–Kier alpha value is -2.68. The number of alkyl halides is 1. The van der Waals surface area contributed by atoms with Crippen molar-refractivity contribution in [1.82, 2.24) is 15.0 Å². The highest BCUT2D eigenvalue weighted by atomic mass is 79.9. The van der Waals surface area contributed by atoms with Crippen LogP contribution in [0.2, 0.25) is 10.3 Å². The highest BCUT2D eigenvalue weighted by molar-refractivity contribution is 9.10. The molecule has 9 rings (SSSR count). The number of rotatable bonds is 0. The van der Waals surface area contributed by atoms with Crippen LogP contribution < -0.4 is 0 Å². The third kappa shape index (κ3) is 4.39. The van der Waals surface area contributed by atoms with E-state index in [4.69, 9.17) is 23.2 Å². The number of pyridine rings is 2. The lowest BCUT2D eigenvalue weighted by Gasteiger charge is -2.18. The molecule has 1 N–H and O–H groups in total. The fourth-order valence-corrected chi connectivity index (χ4v) is 7.34. The first kappa shape index (κ1) is 26.2. The van der Waals surface area contributed by atoms with Crippen LogP contribution in [0.1, 0.15) is 74.7 Å². The van der Waals surface area contributed by atoms with Gasteiger partial charge in [0.1, 0.15) is 21.9 Å². The molecule has 204 valence electrons. The number of hydrogen-bond donors (Lipinski definition) is 1. The second kappa shape index (κ2) is 9.71. The first-order chi connectivity index (χ1) is 19.2. The van der Waals surface area contributed by atoms with Gasteiger partial charge in [-0.15, -0.1) is 0 Å². The maximum atomic E-state index is 12.3. The van der Waals surface area contributed by atoms with E-state index >= 15 is 0 Å². The minimum absolute atomic E-state index is 0.0570. The number of fused-ring (bicyclic) bond motifs is 9. The molecule has 3 aromatic heterocycles. The molecule has 5 unspecified atom stereocenters. The number of nitrogens with zero attached hydrogens (tertiary/aromatic N) is 2. The highest BCUT2D eigenvalue weighted by Gasteiger charge is 2.55.